The van der Waals surface area contributed by atoms with E-state index >= 15 is 0 Å². The van der Waals surface area contributed by atoms with E-state index in [-0.39, 0.29) is 0 Å². The molecule has 1 saturated heterocycles. The van der Waals surface area contributed by atoms with Crippen molar-refractivity contribution in [1.29, 1.82) is 0 Å². The molecule has 28 heavy (non-hydrogen) atoms. The number of thiol groups is 4. The van der Waals surface area contributed by atoms with Crippen LogP contribution in [0.15, 0.2) is 24.3 Å². The Hall–Kier alpha value is 0.140. The summed E-state index contributed by atoms with van der Waals surface area (Å²) in [5.74, 6) is 4.57. The van der Waals surface area contributed by atoms with E-state index in [1.165, 1.54) is 11.1 Å². The Bertz CT molecular complexity index is 791. The molecule has 0 aromatic heterocycles. The minimum atomic E-state index is 0.323. The number of aromatic hydroxyl groups is 1. The highest BCUT2D eigenvalue weighted by atomic mass is 32.2. The topological polar surface area (TPSA) is 29.5 Å². The number of hydrogen-bond donors (Lipinski definition) is 5. The Labute approximate surface area is 197 Å². The number of phenols is 1. The van der Waals surface area contributed by atoms with Crippen LogP contribution in [0.25, 0.3) is 0 Å². The predicted molar refractivity (Wildman–Crippen MR) is 137 cm³/mol. The Kier molecular flexibility index (Phi) is 8.51. The SMILES string of the molecule is COc1c(CS)cc(C2CSC(c3cc(CS)c(O)c(CS)c3)S2)cc1CS. The summed E-state index contributed by atoms with van der Waals surface area (Å²) in [6.45, 7) is 0. The molecule has 0 aliphatic carbocycles. The molecule has 2 aromatic carbocycles. The lowest BCUT2D eigenvalue weighted by Crippen LogP contribution is -2.00. The standard InChI is InChI=1S/C20H24O2S6/c1-22-19-15(8-25)2-11(3-16(19)9-26)17-10-27-20(28-17)12-4-13(6-23)18(21)14(5-12)7-24/h2-5,17,20-21,23-26H,6-10H2,1H3. The van der Waals surface area contributed by atoms with E-state index in [0.29, 0.717) is 38.6 Å². The lowest BCUT2D eigenvalue weighted by Gasteiger charge is -2.18. The zero-order valence-electron chi connectivity index (χ0n) is 15.5. The van der Waals surface area contributed by atoms with Crippen LogP contribution in [-0.4, -0.2) is 18.0 Å². The molecule has 0 bridgehead atoms. The summed E-state index contributed by atoms with van der Waals surface area (Å²) < 4.78 is 5.90. The minimum Gasteiger partial charge on any atom is -0.507 e. The molecule has 0 spiro atoms. The summed E-state index contributed by atoms with van der Waals surface area (Å²) in [7, 11) is 1.70. The fraction of sp³-hybridized carbons (Fsp3) is 0.400. The first kappa shape index (κ1) is 22.8. The van der Waals surface area contributed by atoms with Crippen LogP contribution < -0.4 is 4.74 Å². The van der Waals surface area contributed by atoms with Crippen molar-refractivity contribution in [3.63, 3.8) is 0 Å². The first-order valence-electron chi connectivity index (χ1n) is 8.81. The third-order valence-corrected chi connectivity index (χ3v) is 9.47. The maximum Gasteiger partial charge on any atom is 0.126 e. The van der Waals surface area contributed by atoms with Crippen molar-refractivity contribution in [1.82, 2.24) is 0 Å². The molecule has 0 radical (unpaired) electrons. The number of hydrogen-bond acceptors (Lipinski definition) is 8. The molecule has 1 aliphatic rings. The van der Waals surface area contributed by atoms with E-state index in [1.54, 1.807) is 7.11 Å². The van der Waals surface area contributed by atoms with Crippen LogP contribution in [0.5, 0.6) is 11.5 Å². The number of thioether (sulfide) groups is 2. The van der Waals surface area contributed by atoms with E-state index in [0.717, 1.165) is 33.8 Å². The van der Waals surface area contributed by atoms with E-state index < -0.39 is 0 Å². The molecule has 1 N–H and O–H groups in total. The van der Waals surface area contributed by atoms with Gasteiger partial charge in [-0.2, -0.15) is 50.5 Å². The van der Waals surface area contributed by atoms with Gasteiger partial charge in [-0.3, -0.25) is 0 Å². The summed E-state index contributed by atoms with van der Waals surface area (Å²) in [6.07, 6.45) is 0. The van der Waals surface area contributed by atoms with E-state index in [1.807, 2.05) is 23.5 Å². The van der Waals surface area contributed by atoms with Gasteiger partial charge in [0.15, 0.2) is 0 Å². The number of benzene rings is 2. The van der Waals surface area contributed by atoms with Crippen LogP contribution in [0.3, 0.4) is 0 Å². The molecule has 1 heterocycles. The van der Waals surface area contributed by atoms with Crippen molar-refractivity contribution in [2.75, 3.05) is 12.9 Å². The van der Waals surface area contributed by atoms with Crippen molar-refractivity contribution < 1.29 is 9.84 Å². The van der Waals surface area contributed by atoms with Crippen molar-refractivity contribution in [3.8, 4) is 11.5 Å². The third-order valence-electron chi connectivity index (χ3n) is 4.77. The van der Waals surface area contributed by atoms with Crippen LogP contribution in [0, 0.1) is 0 Å². The summed E-state index contributed by atoms with van der Waals surface area (Å²) in [5, 5.41) is 10.7. The highest BCUT2D eigenvalue weighted by Gasteiger charge is 2.30. The fourth-order valence-electron chi connectivity index (χ4n) is 3.38. The molecular formula is C20H24O2S6. The number of phenolic OH excluding ortho intramolecular Hbond substituents is 1. The highest BCUT2D eigenvalue weighted by molar-refractivity contribution is 8.19. The van der Waals surface area contributed by atoms with Crippen LogP contribution >= 0.6 is 74.0 Å². The molecule has 1 fully saturated rings. The fourth-order valence-corrected chi connectivity index (χ4v) is 7.59. The average molecular weight is 489 g/mol. The molecule has 2 unspecified atom stereocenters. The van der Waals surface area contributed by atoms with Gasteiger partial charge in [-0.15, -0.1) is 23.5 Å². The number of ether oxygens (including phenoxy) is 1. The summed E-state index contributed by atoms with van der Waals surface area (Å²) >= 11 is 21.6. The first-order valence-corrected chi connectivity index (χ1v) is 13.3. The largest absolute Gasteiger partial charge is 0.507 e. The summed E-state index contributed by atoms with van der Waals surface area (Å²) in [6, 6.07) is 8.59. The van der Waals surface area contributed by atoms with Gasteiger partial charge >= 0.3 is 0 Å². The van der Waals surface area contributed by atoms with Gasteiger partial charge in [-0.05, 0) is 23.3 Å². The second-order valence-electron chi connectivity index (χ2n) is 6.48. The molecule has 3 rings (SSSR count). The Morgan fingerprint density at radius 3 is 1.86 bits per heavy atom. The second kappa shape index (κ2) is 10.4. The van der Waals surface area contributed by atoms with Crippen LogP contribution in [-0.2, 0) is 23.0 Å². The van der Waals surface area contributed by atoms with Crippen LogP contribution in [0.1, 0.15) is 43.2 Å². The Balaban J connectivity index is 1.88. The molecule has 152 valence electrons. The lowest BCUT2D eigenvalue weighted by atomic mass is 10.0. The van der Waals surface area contributed by atoms with Crippen LogP contribution in [0.2, 0.25) is 0 Å². The van der Waals surface area contributed by atoms with Gasteiger partial charge in [-0.25, -0.2) is 0 Å². The maximum absolute atomic E-state index is 10.3. The first-order chi connectivity index (χ1) is 13.6. The van der Waals surface area contributed by atoms with Crippen molar-refractivity contribution >= 4 is 74.0 Å². The average Bonchev–Trinajstić information content (AvgIpc) is 3.23. The summed E-state index contributed by atoms with van der Waals surface area (Å²) in [5.41, 5.74) is 6.49. The van der Waals surface area contributed by atoms with Crippen molar-refractivity contribution in [2.24, 2.45) is 0 Å². The monoisotopic (exact) mass is 488 g/mol. The van der Waals surface area contributed by atoms with Gasteiger partial charge < -0.3 is 9.84 Å². The highest BCUT2D eigenvalue weighted by Crippen LogP contribution is 2.56. The van der Waals surface area contributed by atoms with Gasteiger partial charge in [0.2, 0.25) is 0 Å². The van der Waals surface area contributed by atoms with Gasteiger partial charge in [0.05, 0.1) is 11.7 Å². The molecule has 2 aromatic rings. The zero-order chi connectivity index (χ0) is 20.3. The predicted octanol–water partition coefficient (Wildman–Crippen LogP) is 6.34. The van der Waals surface area contributed by atoms with Gasteiger partial charge in [0, 0.05) is 56.3 Å². The van der Waals surface area contributed by atoms with E-state index in [2.05, 4.69) is 74.8 Å². The number of methoxy groups -OCH3 is 1. The van der Waals surface area contributed by atoms with Crippen molar-refractivity contribution in [3.05, 3.63) is 57.6 Å². The Morgan fingerprint density at radius 1 is 0.893 bits per heavy atom. The number of rotatable bonds is 7. The second-order valence-corrected chi connectivity index (χ2v) is 10.5. The molecule has 2 atom stereocenters. The van der Waals surface area contributed by atoms with E-state index in [9.17, 15) is 5.11 Å². The smallest absolute Gasteiger partial charge is 0.126 e. The molecule has 0 saturated carbocycles. The molecule has 1 aliphatic heterocycles. The quantitative estimate of drug-likeness (QED) is 0.294. The Morgan fingerprint density at radius 2 is 1.39 bits per heavy atom. The molecular weight excluding hydrogens is 465 g/mol. The molecule has 2 nitrogen and oxygen atoms in total. The van der Waals surface area contributed by atoms with Gasteiger partial charge in [0.25, 0.3) is 0 Å². The van der Waals surface area contributed by atoms with E-state index in [4.69, 9.17) is 4.74 Å². The maximum atomic E-state index is 10.3. The van der Waals surface area contributed by atoms with Crippen molar-refractivity contribution in [2.45, 2.75) is 32.8 Å². The summed E-state index contributed by atoms with van der Waals surface area (Å²) in [4.78, 5) is 0. The van der Waals surface area contributed by atoms with Crippen LogP contribution in [0.4, 0.5) is 0 Å². The third kappa shape index (κ3) is 4.72. The van der Waals surface area contributed by atoms with Gasteiger partial charge in [-0.1, -0.05) is 12.1 Å². The molecule has 0 amide bonds. The van der Waals surface area contributed by atoms with Gasteiger partial charge in [0.1, 0.15) is 11.5 Å². The normalized spacial score (nSPS) is 19.2. The minimum absolute atomic E-state index is 0.323. The zero-order valence-corrected chi connectivity index (χ0v) is 20.7. The molecule has 8 heteroatoms. The lowest BCUT2D eigenvalue weighted by molar-refractivity contribution is 0.408.